The van der Waals surface area contributed by atoms with Gasteiger partial charge in [0, 0.05) is 25.0 Å². The highest BCUT2D eigenvalue weighted by Crippen LogP contribution is 2.35. The predicted octanol–water partition coefficient (Wildman–Crippen LogP) is 0.577. The van der Waals surface area contributed by atoms with Crippen molar-refractivity contribution in [1.82, 2.24) is 10.6 Å². The van der Waals surface area contributed by atoms with Crippen LogP contribution in [-0.4, -0.2) is 37.2 Å². The minimum Gasteiger partial charge on any atom is -0.438 e. The molecule has 0 bridgehead atoms. The maximum atomic E-state index is 11.5. The molecule has 3 aliphatic rings. The number of carbonyl (C=O) groups excluding carboxylic acids is 1. The van der Waals surface area contributed by atoms with Crippen LogP contribution in [0, 0.1) is 0 Å². The van der Waals surface area contributed by atoms with Gasteiger partial charge in [-0.3, -0.25) is 10.3 Å². The minimum atomic E-state index is -0.424. The van der Waals surface area contributed by atoms with Gasteiger partial charge in [-0.05, 0) is 19.5 Å². The fraction of sp³-hybridized carbons (Fsp3) is 0.636. The molecule has 5 heteroatoms. The molecule has 2 fully saturated rings. The predicted molar refractivity (Wildman–Crippen MR) is 59.5 cm³/mol. The summed E-state index contributed by atoms with van der Waals surface area (Å²) in [7, 11) is 0. The van der Waals surface area contributed by atoms with Crippen LogP contribution in [0.15, 0.2) is 16.6 Å². The van der Waals surface area contributed by atoms with Crippen molar-refractivity contribution in [3.05, 3.63) is 11.6 Å². The Morgan fingerprint density at radius 1 is 1.38 bits per heavy atom. The van der Waals surface area contributed by atoms with Crippen LogP contribution in [0.4, 0.5) is 4.79 Å². The number of nitrogens with one attached hydrogen (secondary N) is 2. The average Bonchev–Trinajstić information content (AvgIpc) is 2.30. The summed E-state index contributed by atoms with van der Waals surface area (Å²) in [5.74, 6) is 0.726. The third kappa shape index (κ3) is 1.43. The molecule has 16 heavy (non-hydrogen) atoms. The Bertz CT molecular complexity index is 381. The summed E-state index contributed by atoms with van der Waals surface area (Å²) in [5, 5.41) is 5.98. The van der Waals surface area contributed by atoms with Crippen LogP contribution in [0.2, 0.25) is 0 Å². The number of carbonyl (C=O) groups is 1. The molecule has 0 aliphatic carbocycles. The lowest BCUT2D eigenvalue weighted by molar-refractivity contribution is 0.0161. The highest BCUT2D eigenvalue weighted by atomic mass is 16.6. The summed E-state index contributed by atoms with van der Waals surface area (Å²) < 4.78 is 5.55. The fourth-order valence-corrected chi connectivity index (χ4v) is 2.63. The van der Waals surface area contributed by atoms with E-state index in [4.69, 9.17) is 4.74 Å². The zero-order valence-corrected chi connectivity index (χ0v) is 9.08. The van der Waals surface area contributed by atoms with E-state index in [1.54, 1.807) is 0 Å². The fourth-order valence-electron chi connectivity index (χ4n) is 2.63. The quantitative estimate of drug-likeness (QED) is 0.629. The largest absolute Gasteiger partial charge is 0.438 e. The molecule has 5 nitrogen and oxygen atoms in total. The maximum Gasteiger partial charge on any atom is 0.413 e. The molecular weight excluding hydrogens is 206 g/mol. The van der Waals surface area contributed by atoms with Crippen molar-refractivity contribution in [2.75, 3.05) is 19.6 Å². The summed E-state index contributed by atoms with van der Waals surface area (Å²) in [6.07, 6.45) is 4.41. The number of piperidine rings is 1. The van der Waals surface area contributed by atoms with Gasteiger partial charge < -0.3 is 10.1 Å². The lowest BCUT2D eigenvalue weighted by atomic mass is 9.81. The van der Waals surface area contributed by atoms with Gasteiger partial charge in [0.15, 0.2) is 0 Å². The average molecular weight is 221 g/mol. The van der Waals surface area contributed by atoms with Crippen LogP contribution in [0.1, 0.15) is 19.3 Å². The van der Waals surface area contributed by atoms with E-state index in [-0.39, 0.29) is 6.09 Å². The first kappa shape index (κ1) is 9.84. The van der Waals surface area contributed by atoms with Crippen molar-refractivity contribution in [1.29, 1.82) is 0 Å². The maximum absolute atomic E-state index is 11.5. The Hall–Kier alpha value is -1.36. The first-order chi connectivity index (χ1) is 7.80. The zero-order chi connectivity index (χ0) is 11.0. The molecular formula is C11H15N3O2. The number of hydrogen-bond donors (Lipinski definition) is 2. The molecule has 0 aromatic carbocycles. The highest BCUT2D eigenvalue weighted by molar-refractivity contribution is 6.10. The van der Waals surface area contributed by atoms with Crippen LogP contribution >= 0.6 is 0 Å². The molecule has 2 saturated heterocycles. The Morgan fingerprint density at radius 2 is 2.19 bits per heavy atom. The Labute approximate surface area is 94.0 Å². The van der Waals surface area contributed by atoms with Crippen molar-refractivity contribution in [3.8, 4) is 0 Å². The summed E-state index contributed by atoms with van der Waals surface area (Å²) in [4.78, 5) is 15.9. The number of dihydropyridines is 1. The molecule has 1 amide bonds. The molecule has 0 saturated carbocycles. The molecule has 0 aromatic rings. The van der Waals surface area contributed by atoms with Gasteiger partial charge in [-0.25, -0.2) is 4.79 Å². The number of aliphatic imine (C=N–C) groups is 1. The normalized spacial score (nSPS) is 27.4. The van der Waals surface area contributed by atoms with Crippen LogP contribution < -0.4 is 10.6 Å². The van der Waals surface area contributed by atoms with E-state index >= 15 is 0 Å². The third-order valence-corrected chi connectivity index (χ3v) is 3.41. The lowest BCUT2D eigenvalue weighted by Crippen LogP contribution is -2.57. The molecule has 3 heterocycles. The summed E-state index contributed by atoms with van der Waals surface area (Å²) >= 11 is 0. The zero-order valence-electron chi connectivity index (χ0n) is 9.08. The van der Waals surface area contributed by atoms with Crippen molar-refractivity contribution in [2.24, 2.45) is 4.99 Å². The molecule has 0 unspecified atom stereocenters. The summed E-state index contributed by atoms with van der Waals surface area (Å²) in [5.41, 5.74) is 0.659. The van der Waals surface area contributed by atoms with E-state index in [0.29, 0.717) is 0 Å². The SMILES string of the molecule is O=C1NC2=NCCC=C2C2(CCNCC2)O1. The Balaban J connectivity index is 1.98. The summed E-state index contributed by atoms with van der Waals surface area (Å²) in [6.45, 7) is 2.53. The van der Waals surface area contributed by atoms with Crippen molar-refractivity contribution >= 4 is 11.9 Å². The van der Waals surface area contributed by atoms with E-state index in [2.05, 4.69) is 21.7 Å². The first-order valence-corrected chi connectivity index (χ1v) is 5.76. The van der Waals surface area contributed by atoms with Crippen molar-refractivity contribution < 1.29 is 9.53 Å². The van der Waals surface area contributed by atoms with E-state index in [9.17, 15) is 4.79 Å². The molecule has 2 N–H and O–H groups in total. The number of rotatable bonds is 0. The molecule has 86 valence electrons. The highest BCUT2D eigenvalue weighted by Gasteiger charge is 2.45. The van der Waals surface area contributed by atoms with Gasteiger partial charge in [0.1, 0.15) is 11.4 Å². The number of alkyl carbamates (subject to hydrolysis) is 1. The van der Waals surface area contributed by atoms with Crippen LogP contribution in [0.25, 0.3) is 0 Å². The Kier molecular flexibility index (Phi) is 2.21. The third-order valence-electron chi connectivity index (χ3n) is 3.41. The van der Waals surface area contributed by atoms with E-state index < -0.39 is 5.60 Å². The van der Waals surface area contributed by atoms with Crippen molar-refractivity contribution in [2.45, 2.75) is 24.9 Å². The van der Waals surface area contributed by atoms with E-state index in [1.165, 1.54) is 0 Å². The topological polar surface area (TPSA) is 62.7 Å². The van der Waals surface area contributed by atoms with E-state index in [0.717, 1.165) is 50.3 Å². The number of hydrogen-bond acceptors (Lipinski definition) is 4. The van der Waals surface area contributed by atoms with Crippen LogP contribution in [0.3, 0.4) is 0 Å². The molecule has 3 aliphatic heterocycles. The second-order valence-electron chi connectivity index (χ2n) is 4.40. The Morgan fingerprint density at radius 3 is 3.00 bits per heavy atom. The summed E-state index contributed by atoms with van der Waals surface area (Å²) in [6, 6.07) is 0. The molecule has 0 radical (unpaired) electrons. The van der Waals surface area contributed by atoms with Gasteiger partial charge in [-0.2, -0.15) is 0 Å². The number of nitrogens with zero attached hydrogens (tertiary/aromatic N) is 1. The molecule has 0 atom stereocenters. The first-order valence-electron chi connectivity index (χ1n) is 5.76. The van der Waals surface area contributed by atoms with Gasteiger partial charge in [-0.1, -0.05) is 6.08 Å². The van der Waals surface area contributed by atoms with Crippen molar-refractivity contribution in [3.63, 3.8) is 0 Å². The minimum absolute atomic E-state index is 0.361. The number of amidine groups is 1. The second-order valence-corrected chi connectivity index (χ2v) is 4.40. The van der Waals surface area contributed by atoms with Gasteiger partial charge in [0.25, 0.3) is 0 Å². The van der Waals surface area contributed by atoms with Crippen LogP contribution in [-0.2, 0) is 4.74 Å². The standard InChI is InChI=1S/C11H15N3O2/c15-10-14-9-8(2-1-5-13-9)11(16-10)3-6-12-7-4-11/h2,12H,1,3-7H2,(H,13,14,15). The lowest BCUT2D eigenvalue weighted by Gasteiger charge is -2.43. The number of amides is 1. The van der Waals surface area contributed by atoms with Gasteiger partial charge in [-0.15, -0.1) is 0 Å². The monoisotopic (exact) mass is 221 g/mol. The molecule has 3 rings (SSSR count). The van der Waals surface area contributed by atoms with Crippen LogP contribution in [0.5, 0.6) is 0 Å². The number of fused-ring (bicyclic) bond motifs is 2. The van der Waals surface area contributed by atoms with Gasteiger partial charge in [0.05, 0.1) is 0 Å². The van der Waals surface area contributed by atoms with Gasteiger partial charge >= 0.3 is 6.09 Å². The van der Waals surface area contributed by atoms with E-state index in [1.807, 2.05) is 0 Å². The number of ether oxygens (including phenoxy) is 1. The molecule has 0 aromatic heterocycles. The molecule has 1 spiro atoms. The van der Waals surface area contributed by atoms with Gasteiger partial charge in [0.2, 0.25) is 0 Å². The second kappa shape index (κ2) is 3.59. The smallest absolute Gasteiger partial charge is 0.413 e.